The second-order valence-electron chi connectivity index (χ2n) is 5.00. The summed E-state index contributed by atoms with van der Waals surface area (Å²) in [6.45, 7) is 1.73. The van der Waals surface area contributed by atoms with E-state index in [0.717, 1.165) is 25.7 Å². The van der Waals surface area contributed by atoms with Crippen molar-refractivity contribution in [1.29, 1.82) is 0 Å². The molecule has 0 aliphatic carbocycles. The number of fused-ring (bicyclic) bond motifs is 1. The Morgan fingerprint density at radius 2 is 2.00 bits per heavy atom. The van der Waals surface area contributed by atoms with Crippen LogP contribution in [0.3, 0.4) is 0 Å². The van der Waals surface area contributed by atoms with Crippen LogP contribution in [-0.2, 0) is 6.61 Å². The molecule has 1 aromatic heterocycles. The molecule has 1 heterocycles. The molecule has 3 nitrogen and oxygen atoms in total. The third-order valence-electron chi connectivity index (χ3n) is 3.76. The molecule has 0 fully saturated rings. The molecule has 0 aliphatic rings. The van der Waals surface area contributed by atoms with Gasteiger partial charge in [0.1, 0.15) is 0 Å². The maximum Gasteiger partial charge on any atom is 0.264 e. The van der Waals surface area contributed by atoms with E-state index in [0.29, 0.717) is 10.6 Å². The average Bonchev–Trinajstić information content (AvgIpc) is 2.80. The highest BCUT2D eigenvalue weighted by Gasteiger charge is 2.20. The Bertz CT molecular complexity index is 886. The van der Waals surface area contributed by atoms with Crippen molar-refractivity contribution in [3.8, 4) is 0 Å². The predicted molar refractivity (Wildman–Crippen MR) is 96.5 cm³/mol. The fourth-order valence-electron chi connectivity index (χ4n) is 2.68. The third-order valence-corrected chi connectivity index (χ3v) is 4.76. The fourth-order valence-corrected chi connectivity index (χ4v) is 3.37. The third kappa shape index (κ3) is 2.45. The summed E-state index contributed by atoms with van der Waals surface area (Å²) in [4.78, 5) is 13.0. The number of carbonyl (C=O) groups is 1. The summed E-state index contributed by atoms with van der Waals surface area (Å²) < 4.78 is 2.57. The van der Waals surface area contributed by atoms with Crippen LogP contribution >= 0.6 is 34.2 Å². The van der Waals surface area contributed by atoms with Crippen molar-refractivity contribution in [2.45, 2.75) is 13.5 Å². The van der Waals surface area contributed by atoms with E-state index >= 15 is 0 Å². The van der Waals surface area contributed by atoms with Gasteiger partial charge in [0.2, 0.25) is 0 Å². The molecule has 0 atom stereocenters. The van der Waals surface area contributed by atoms with Crippen molar-refractivity contribution < 1.29 is 9.90 Å². The van der Waals surface area contributed by atoms with Gasteiger partial charge in [-0.1, -0.05) is 29.8 Å². The molecule has 0 saturated carbocycles. The van der Waals surface area contributed by atoms with Gasteiger partial charge in [0.25, 0.3) is 5.91 Å². The second-order valence-corrected chi connectivity index (χ2v) is 6.66. The highest BCUT2D eigenvalue weighted by atomic mass is 127. The van der Waals surface area contributed by atoms with Crippen LogP contribution in [0.5, 0.6) is 0 Å². The smallest absolute Gasteiger partial charge is 0.264 e. The normalized spacial score (nSPS) is 11.1. The van der Waals surface area contributed by atoms with Gasteiger partial charge < -0.3 is 5.11 Å². The van der Waals surface area contributed by atoms with Crippen molar-refractivity contribution in [2.24, 2.45) is 0 Å². The van der Waals surface area contributed by atoms with Crippen LogP contribution in [0.4, 0.5) is 0 Å². The molecule has 22 heavy (non-hydrogen) atoms. The first kappa shape index (κ1) is 15.5. The Labute approximate surface area is 146 Å². The van der Waals surface area contributed by atoms with Crippen LogP contribution in [0.1, 0.15) is 21.6 Å². The summed E-state index contributed by atoms with van der Waals surface area (Å²) in [7, 11) is 0. The molecule has 0 radical (unpaired) electrons. The monoisotopic (exact) mass is 425 g/mol. The summed E-state index contributed by atoms with van der Waals surface area (Å²) in [5.41, 5.74) is 2.75. The van der Waals surface area contributed by atoms with Gasteiger partial charge in [0, 0.05) is 20.2 Å². The number of aliphatic hydroxyl groups excluding tert-OH is 1. The number of aromatic nitrogens is 1. The first-order valence-corrected chi connectivity index (χ1v) is 8.19. The number of hydrogen-bond acceptors (Lipinski definition) is 2. The quantitative estimate of drug-likeness (QED) is 0.619. The number of hydrogen-bond donors (Lipinski definition) is 1. The van der Waals surface area contributed by atoms with E-state index in [1.54, 1.807) is 16.7 Å². The van der Waals surface area contributed by atoms with Gasteiger partial charge in [0.15, 0.2) is 0 Å². The Morgan fingerprint density at radius 1 is 1.27 bits per heavy atom. The van der Waals surface area contributed by atoms with Crippen molar-refractivity contribution in [3.05, 3.63) is 67.9 Å². The van der Waals surface area contributed by atoms with Gasteiger partial charge >= 0.3 is 0 Å². The average molecular weight is 426 g/mol. The summed E-state index contributed by atoms with van der Waals surface area (Å²) >= 11 is 8.35. The van der Waals surface area contributed by atoms with Crippen molar-refractivity contribution >= 4 is 51.0 Å². The lowest BCUT2D eigenvalue weighted by atomic mass is 10.1. The van der Waals surface area contributed by atoms with Gasteiger partial charge in [-0.2, -0.15) is 0 Å². The van der Waals surface area contributed by atoms with Gasteiger partial charge in [0.05, 0.1) is 22.7 Å². The number of nitrogens with zero attached hydrogens (tertiary/aromatic N) is 1. The number of carbonyl (C=O) groups excluding carboxylic acids is 1. The first-order chi connectivity index (χ1) is 10.5. The summed E-state index contributed by atoms with van der Waals surface area (Å²) in [6.07, 6.45) is 0. The number of para-hydroxylation sites is 1. The summed E-state index contributed by atoms with van der Waals surface area (Å²) in [6, 6.07) is 12.9. The van der Waals surface area contributed by atoms with Crippen LogP contribution in [0.2, 0.25) is 5.02 Å². The van der Waals surface area contributed by atoms with Gasteiger partial charge in [-0.3, -0.25) is 9.36 Å². The molecule has 2 aromatic carbocycles. The molecule has 3 rings (SSSR count). The van der Waals surface area contributed by atoms with Crippen molar-refractivity contribution in [2.75, 3.05) is 0 Å². The molecule has 0 bridgehead atoms. The van der Waals surface area contributed by atoms with Gasteiger partial charge in [-0.25, -0.2) is 0 Å². The van der Waals surface area contributed by atoms with E-state index in [1.165, 1.54) is 0 Å². The molecule has 0 aliphatic heterocycles. The molecule has 0 amide bonds. The van der Waals surface area contributed by atoms with E-state index in [9.17, 15) is 9.90 Å². The number of halogens is 2. The zero-order valence-electron chi connectivity index (χ0n) is 11.8. The van der Waals surface area contributed by atoms with Crippen molar-refractivity contribution in [1.82, 2.24) is 4.57 Å². The Balaban J connectivity index is 2.28. The standard InChI is InChI=1S/C17H13ClINO2/c1-10-14(9-21)12-4-2-3-5-16(12)20(10)17(22)13-8-11(19)6-7-15(13)18/h2-8,21H,9H2,1H3. The molecule has 0 spiro atoms. The molecule has 112 valence electrons. The minimum absolute atomic E-state index is 0.104. The molecule has 0 unspecified atom stereocenters. The van der Waals surface area contributed by atoms with E-state index in [2.05, 4.69) is 22.6 Å². The zero-order valence-corrected chi connectivity index (χ0v) is 14.7. The van der Waals surface area contributed by atoms with Crippen LogP contribution in [0.25, 0.3) is 10.9 Å². The largest absolute Gasteiger partial charge is 0.392 e. The second kappa shape index (κ2) is 6.02. The maximum absolute atomic E-state index is 13.0. The predicted octanol–water partition coefficient (Wildman–Crippen LogP) is 4.39. The molecule has 5 heteroatoms. The van der Waals surface area contributed by atoms with Crippen LogP contribution in [0, 0.1) is 10.5 Å². The first-order valence-electron chi connectivity index (χ1n) is 6.74. The minimum atomic E-state index is -0.183. The number of benzene rings is 2. The molecule has 3 aromatic rings. The topological polar surface area (TPSA) is 42.2 Å². The lowest BCUT2D eigenvalue weighted by molar-refractivity contribution is 0.0963. The van der Waals surface area contributed by atoms with Crippen molar-refractivity contribution in [3.63, 3.8) is 0 Å². The molecular formula is C17H13ClINO2. The Morgan fingerprint density at radius 3 is 2.73 bits per heavy atom. The lowest BCUT2D eigenvalue weighted by Gasteiger charge is -2.09. The lowest BCUT2D eigenvalue weighted by Crippen LogP contribution is -2.14. The summed E-state index contributed by atoms with van der Waals surface area (Å²) in [5, 5.41) is 10.9. The molecule has 0 saturated heterocycles. The van der Waals surface area contributed by atoms with Crippen LogP contribution < -0.4 is 0 Å². The van der Waals surface area contributed by atoms with E-state index in [4.69, 9.17) is 11.6 Å². The number of rotatable bonds is 2. The molecular weight excluding hydrogens is 413 g/mol. The van der Waals surface area contributed by atoms with Gasteiger partial charge in [-0.05, 0) is 53.8 Å². The SMILES string of the molecule is Cc1c(CO)c2ccccc2n1C(=O)c1cc(I)ccc1Cl. The van der Waals surface area contributed by atoms with Gasteiger partial charge in [-0.15, -0.1) is 0 Å². The summed E-state index contributed by atoms with van der Waals surface area (Å²) in [5.74, 6) is -0.183. The molecule has 1 N–H and O–H groups in total. The Kier molecular flexibility index (Phi) is 4.25. The fraction of sp³-hybridized carbons (Fsp3) is 0.118. The van der Waals surface area contributed by atoms with E-state index < -0.39 is 0 Å². The maximum atomic E-state index is 13.0. The highest BCUT2D eigenvalue weighted by molar-refractivity contribution is 14.1. The van der Waals surface area contributed by atoms with E-state index in [1.807, 2.05) is 37.3 Å². The number of aliphatic hydroxyl groups is 1. The zero-order chi connectivity index (χ0) is 15.9. The minimum Gasteiger partial charge on any atom is -0.392 e. The van der Waals surface area contributed by atoms with E-state index in [-0.39, 0.29) is 12.5 Å². The Hall–Kier alpha value is -1.37. The highest BCUT2D eigenvalue weighted by Crippen LogP contribution is 2.28. The van der Waals surface area contributed by atoms with Crippen LogP contribution in [-0.4, -0.2) is 15.6 Å². The van der Waals surface area contributed by atoms with Crippen LogP contribution in [0.15, 0.2) is 42.5 Å².